The zero-order valence-corrected chi connectivity index (χ0v) is 18.0. The molecule has 0 amide bonds. The molecule has 1 N–H and O–H groups in total. The van der Waals surface area contributed by atoms with E-state index in [4.69, 9.17) is 4.98 Å². The number of hydrogen-bond acceptors (Lipinski definition) is 5. The standard InChI is InChI=1S/C26H24N6/c1-18-14-23(22-6-8-28-16-24(22)30-18)25-17-29-26-15-20(7-11-32(25)26)19-2-4-21(5-3-19)31-12-9-27-10-13-31/h2-8,11,14-17,27H,9-10,12-13H2,1H3. The molecule has 4 aromatic heterocycles. The van der Waals surface area contributed by atoms with Gasteiger partial charge in [-0.3, -0.25) is 14.4 Å². The van der Waals surface area contributed by atoms with Crippen molar-refractivity contribution in [2.75, 3.05) is 31.1 Å². The van der Waals surface area contributed by atoms with E-state index in [0.29, 0.717) is 0 Å². The highest BCUT2D eigenvalue weighted by Crippen LogP contribution is 2.30. The predicted molar refractivity (Wildman–Crippen MR) is 129 cm³/mol. The Kier molecular flexibility index (Phi) is 4.58. The molecule has 0 saturated carbocycles. The molecule has 1 saturated heterocycles. The molecule has 158 valence electrons. The summed E-state index contributed by atoms with van der Waals surface area (Å²) in [6.07, 6.45) is 7.69. The summed E-state index contributed by atoms with van der Waals surface area (Å²) in [6, 6.07) is 17.3. The first kappa shape index (κ1) is 19.0. The number of benzene rings is 1. The first-order valence-electron chi connectivity index (χ1n) is 11.0. The Hall–Kier alpha value is -3.77. The first-order chi connectivity index (χ1) is 15.8. The predicted octanol–water partition coefficient (Wildman–Crippen LogP) is 4.33. The Balaban J connectivity index is 1.37. The number of fused-ring (bicyclic) bond motifs is 2. The molecule has 5 aromatic rings. The molecule has 1 aliphatic rings. The van der Waals surface area contributed by atoms with Gasteiger partial charge >= 0.3 is 0 Å². The zero-order valence-electron chi connectivity index (χ0n) is 18.0. The van der Waals surface area contributed by atoms with Gasteiger partial charge in [0, 0.05) is 60.9 Å². The van der Waals surface area contributed by atoms with Gasteiger partial charge in [0.15, 0.2) is 0 Å². The van der Waals surface area contributed by atoms with Crippen LogP contribution in [0.5, 0.6) is 0 Å². The number of pyridine rings is 3. The monoisotopic (exact) mass is 420 g/mol. The minimum Gasteiger partial charge on any atom is -0.369 e. The number of piperazine rings is 1. The molecule has 5 heterocycles. The van der Waals surface area contributed by atoms with Gasteiger partial charge in [-0.05, 0) is 54.4 Å². The fourth-order valence-electron chi connectivity index (χ4n) is 4.57. The van der Waals surface area contributed by atoms with Crippen LogP contribution in [0.1, 0.15) is 5.69 Å². The average molecular weight is 421 g/mol. The number of nitrogens with zero attached hydrogens (tertiary/aromatic N) is 5. The van der Waals surface area contributed by atoms with E-state index in [1.54, 1.807) is 0 Å². The third kappa shape index (κ3) is 3.29. The molecule has 6 nitrogen and oxygen atoms in total. The van der Waals surface area contributed by atoms with Gasteiger partial charge in [0.1, 0.15) is 5.65 Å². The number of aromatic nitrogens is 4. The van der Waals surface area contributed by atoms with Crippen molar-refractivity contribution in [1.29, 1.82) is 0 Å². The molecule has 32 heavy (non-hydrogen) atoms. The summed E-state index contributed by atoms with van der Waals surface area (Å²) in [7, 11) is 0. The van der Waals surface area contributed by atoms with Crippen molar-refractivity contribution in [1.82, 2.24) is 24.7 Å². The Labute approximate surface area is 186 Å². The van der Waals surface area contributed by atoms with Gasteiger partial charge in [0.25, 0.3) is 0 Å². The van der Waals surface area contributed by atoms with Crippen LogP contribution in [0, 0.1) is 6.92 Å². The molecule has 0 unspecified atom stereocenters. The van der Waals surface area contributed by atoms with Gasteiger partial charge in [-0.1, -0.05) is 12.1 Å². The van der Waals surface area contributed by atoms with Crippen molar-refractivity contribution >= 4 is 22.2 Å². The van der Waals surface area contributed by atoms with Crippen LogP contribution < -0.4 is 10.2 Å². The fourth-order valence-corrected chi connectivity index (χ4v) is 4.57. The fraction of sp³-hybridized carbons (Fsp3) is 0.192. The van der Waals surface area contributed by atoms with Crippen LogP contribution in [-0.2, 0) is 0 Å². The van der Waals surface area contributed by atoms with E-state index in [0.717, 1.165) is 59.7 Å². The van der Waals surface area contributed by atoms with Crippen LogP contribution in [-0.4, -0.2) is 45.5 Å². The van der Waals surface area contributed by atoms with E-state index in [9.17, 15) is 0 Å². The van der Waals surface area contributed by atoms with E-state index >= 15 is 0 Å². The lowest BCUT2D eigenvalue weighted by Gasteiger charge is -2.29. The van der Waals surface area contributed by atoms with Crippen LogP contribution in [0.4, 0.5) is 5.69 Å². The molecule has 6 rings (SSSR count). The van der Waals surface area contributed by atoms with Gasteiger partial charge < -0.3 is 10.2 Å². The second-order valence-electron chi connectivity index (χ2n) is 8.28. The second kappa shape index (κ2) is 7.73. The Morgan fingerprint density at radius 2 is 1.75 bits per heavy atom. The van der Waals surface area contributed by atoms with Gasteiger partial charge in [-0.2, -0.15) is 0 Å². The summed E-state index contributed by atoms with van der Waals surface area (Å²) < 4.78 is 2.15. The maximum Gasteiger partial charge on any atom is 0.137 e. The largest absolute Gasteiger partial charge is 0.369 e. The minimum atomic E-state index is 0.902. The van der Waals surface area contributed by atoms with E-state index < -0.39 is 0 Å². The summed E-state index contributed by atoms with van der Waals surface area (Å²) >= 11 is 0. The van der Waals surface area contributed by atoms with Crippen molar-refractivity contribution < 1.29 is 0 Å². The Morgan fingerprint density at radius 3 is 2.59 bits per heavy atom. The van der Waals surface area contributed by atoms with E-state index in [2.05, 4.69) is 73.2 Å². The number of nitrogens with one attached hydrogen (secondary N) is 1. The molecule has 0 bridgehead atoms. The van der Waals surface area contributed by atoms with E-state index in [-0.39, 0.29) is 0 Å². The van der Waals surface area contributed by atoms with E-state index in [1.807, 2.05) is 31.6 Å². The van der Waals surface area contributed by atoms with Crippen LogP contribution in [0.3, 0.4) is 0 Å². The molecule has 0 aliphatic carbocycles. The van der Waals surface area contributed by atoms with Crippen LogP contribution >= 0.6 is 0 Å². The van der Waals surface area contributed by atoms with Gasteiger partial charge in [0.05, 0.1) is 23.6 Å². The lowest BCUT2D eigenvalue weighted by atomic mass is 10.1. The maximum atomic E-state index is 4.72. The summed E-state index contributed by atoms with van der Waals surface area (Å²) in [5.41, 5.74) is 8.64. The number of imidazole rings is 1. The topological polar surface area (TPSA) is 58.4 Å². The Morgan fingerprint density at radius 1 is 0.906 bits per heavy atom. The minimum absolute atomic E-state index is 0.902. The lowest BCUT2D eigenvalue weighted by Crippen LogP contribution is -2.43. The number of hydrogen-bond donors (Lipinski definition) is 1. The van der Waals surface area contributed by atoms with Crippen LogP contribution in [0.2, 0.25) is 0 Å². The molecule has 1 aliphatic heterocycles. The third-order valence-corrected chi connectivity index (χ3v) is 6.21. The molecule has 1 aromatic carbocycles. The molecular weight excluding hydrogens is 396 g/mol. The molecule has 1 fully saturated rings. The molecular formula is C26H24N6. The second-order valence-corrected chi connectivity index (χ2v) is 8.28. The summed E-state index contributed by atoms with van der Waals surface area (Å²) in [6.45, 7) is 6.22. The van der Waals surface area contributed by atoms with Crippen LogP contribution in [0.15, 0.2) is 73.3 Å². The van der Waals surface area contributed by atoms with Gasteiger partial charge in [0.2, 0.25) is 0 Å². The molecule has 0 spiro atoms. The SMILES string of the molecule is Cc1cc(-c2cnc3cc(-c4ccc(N5CCNCC5)cc4)ccn23)c2ccncc2n1. The molecule has 6 heteroatoms. The van der Waals surface area contributed by atoms with Gasteiger partial charge in [-0.25, -0.2) is 4.98 Å². The third-order valence-electron chi connectivity index (χ3n) is 6.21. The van der Waals surface area contributed by atoms with Gasteiger partial charge in [-0.15, -0.1) is 0 Å². The summed E-state index contributed by atoms with van der Waals surface area (Å²) in [5, 5.41) is 4.49. The van der Waals surface area contributed by atoms with E-state index in [1.165, 1.54) is 16.8 Å². The number of aryl methyl sites for hydroxylation is 1. The average Bonchev–Trinajstić information content (AvgIpc) is 3.27. The first-order valence-corrected chi connectivity index (χ1v) is 11.0. The Bertz CT molecular complexity index is 1410. The molecule has 0 atom stereocenters. The summed E-state index contributed by atoms with van der Waals surface area (Å²) in [5.74, 6) is 0. The number of anilines is 1. The van der Waals surface area contributed by atoms with Crippen molar-refractivity contribution in [3.05, 3.63) is 79.0 Å². The van der Waals surface area contributed by atoms with Crippen molar-refractivity contribution in [3.63, 3.8) is 0 Å². The van der Waals surface area contributed by atoms with Crippen molar-refractivity contribution in [2.24, 2.45) is 0 Å². The lowest BCUT2D eigenvalue weighted by molar-refractivity contribution is 0.589. The normalized spacial score (nSPS) is 14.3. The highest BCUT2D eigenvalue weighted by Gasteiger charge is 2.13. The van der Waals surface area contributed by atoms with Crippen molar-refractivity contribution in [2.45, 2.75) is 6.92 Å². The smallest absolute Gasteiger partial charge is 0.137 e. The number of rotatable bonds is 3. The zero-order chi connectivity index (χ0) is 21.5. The highest BCUT2D eigenvalue weighted by atomic mass is 15.2. The maximum absolute atomic E-state index is 4.72. The summed E-state index contributed by atoms with van der Waals surface area (Å²) in [4.78, 5) is 16.0. The quantitative estimate of drug-likeness (QED) is 0.471. The van der Waals surface area contributed by atoms with Crippen LogP contribution in [0.25, 0.3) is 38.9 Å². The van der Waals surface area contributed by atoms with Crippen molar-refractivity contribution in [3.8, 4) is 22.4 Å². The highest BCUT2D eigenvalue weighted by molar-refractivity contribution is 5.93. The molecule has 0 radical (unpaired) electrons.